The summed E-state index contributed by atoms with van der Waals surface area (Å²) in [7, 11) is 0. The number of ether oxygens (including phenoxy) is 1. The van der Waals surface area contributed by atoms with Gasteiger partial charge >= 0.3 is 0 Å². The molecule has 3 fully saturated rings. The zero-order chi connectivity index (χ0) is 21.7. The summed E-state index contributed by atoms with van der Waals surface area (Å²) >= 11 is 6.53. The highest BCUT2D eigenvalue weighted by molar-refractivity contribution is 6.36. The van der Waals surface area contributed by atoms with Crippen LogP contribution in [0, 0.1) is 0 Å². The molecule has 1 saturated carbocycles. The van der Waals surface area contributed by atoms with Crippen LogP contribution in [0.25, 0.3) is 22.2 Å². The highest BCUT2D eigenvalue weighted by Gasteiger charge is 2.36. The molecule has 3 aliphatic rings. The number of rotatable bonds is 5. The first-order valence-electron chi connectivity index (χ1n) is 11.6. The van der Waals surface area contributed by atoms with Crippen molar-refractivity contribution < 1.29 is 9.13 Å². The second-order valence-corrected chi connectivity index (χ2v) is 9.71. The van der Waals surface area contributed by atoms with Crippen LogP contribution >= 0.6 is 11.6 Å². The normalized spacial score (nSPS) is 25.4. The van der Waals surface area contributed by atoms with Crippen LogP contribution in [0.1, 0.15) is 38.1 Å². The maximum atomic E-state index is 15.1. The van der Waals surface area contributed by atoms with E-state index in [0.717, 1.165) is 66.9 Å². The first-order valence-corrected chi connectivity index (χ1v) is 12.0. The highest BCUT2D eigenvalue weighted by Crippen LogP contribution is 2.39. The lowest BCUT2D eigenvalue weighted by Gasteiger charge is -2.42. The van der Waals surface area contributed by atoms with E-state index in [2.05, 4.69) is 25.3 Å². The van der Waals surface area contributed by atoms with E-state index in [1.54, 1.807) is 10.9 Å². The van der Waals surface area contributed by atoms with Gasteiger partial charge in [-0.1, -0.05) is 24.4 Å². The van der Waals surface area contributed by atoms with Gasteiger partial charge in [-0.15, -0.1) is 0 Å². The van der Waals surface area contributed by atoms with E-state index in [4.69, 9.17) is 16.3 Å². The van der Waals surface area contributed by atoms with E-state index in [1.165, 1.54) is 12.8 Å². The molecule has 7 nitrogen and oxygen atoms in total. The molecule has 0 aromatic carbocycles. The molecule has 9 heteroatoms. The van der Waals surface area contributed by atoms with Crippen LogP contribution in [-0.4, -0.2) is 69.2 Å². The van der Waals surface area contributed by atoms with Crippen molar-refractivity contribution in [3.63, 3.8) is 0 Å². The fraction of sp³-hybridized carbons (Fsp3) is 0.565. The predicted octanol–water partition coefficient (Wildman–Crippen LogP) is 4.42. The number of fused-ring (bicyclic) bond motifs is 1. The third-order valence-electron chi connectivity index (χ3n) is 7.28. The van der Waals surface area contributed by atoms with Gasteiger partial charge in [0.2, 0.25) is 0 Å². The van der Waals surface area contributed by atoms with E-state index in [1.807, 2.05) is 18.6 Å². The quantitative estimate of drug-likeness (QED) is 0.592. The van der Waals surface area contributed by atoms with E-state index < -0.39 is 6.17 Å². The van der Waals surface area contributed by atoms with Crippen LogP contribution in [0.4, 0.5) is 10.1 Å². The Hall–Kier alpha value is -2.16. The van der Waals surface area contributed by atoms with Gasteiger partial charge in [0.25, 0.3) is 0 Å². The van der Waals surface area contributed by atoms with Crippen molar-refractivity contribution in [2.75, 3.05) is 31.6 Å². The monoisotopic (exact) mass is 458 g/mol. The summed E-state index contributed by atoms with van der Waals surface area (Å²) in [5.74, 6) is 0. The average Bonchev–Trinajstić information content (AvgIpc) is 3.49. The first-order chi connectivity index (χ1) is 15.7. The van der Waals surface area contributed by atoms with Gasteiger partial charge in [0.1, 0.15) is 11.8 Å². The first kappa shape index (κ1) is 20.4. The molecule has 2 saturated heterocycles. The lowest BCUT2D eigenvalue weighted by Crippen LogP contribution is -2.55. The predicted molar refractivity (Wildman–Crippen MR) is 123 cm³/mol. The van der Waals surface area contributed by atoms with Gasteiger partial charge in [-0.05, 0) is 19.3 Å². The molecule has 5 heterocycles. The van der Waals surface area contributed by atoms with Gasteiger partial charge in [0.05, 0.1) is 47.6 Å². The van der Waals surface area contributed by atoms with Crippen LogP contribution < -0.4 is 5.32 Å². The van der Waals surface area contributed by atoms with Gasteiger partial charge in [-0.25, -0.2) is 9.37 Å². The van der Waals surface area contributed by atoms with Crippen LogP contribution in [0.15, 0.2) is 24.8 Å². The molecule has 2 atom stereocenters. The minimum Gasteiger partial charge on any atom is -0.381 e. The molecule has 170 valence electrons. The molecule has 2 N–H and O–H groups in total. The summed E-state index contributed by atoms with van der Waals surface area (Å²) in [4.78, 5) is 9.95. The van der Waals surface area contributed by atoms with Crippen molar-refractivity contribution in [3.05, 3.63) is 29.8 Å². The number of nitrogens with one attached hydrogen (secondary N) is 2. The van der Waals surface area contributed by atoms with E-state index in [0.29, 0.717) is 23.7 Å². The topological polar surface area (TPSA) is 71.0 Å². The maximum absolute atomic E-state index is 15.1. The molecule has 0 amide bonds. The molecule has 0 spiro atoms. The number of pyridine rings is 1. The molecule has 0 unspecified atom stereocenters. The number of H-pyrrole nitrogens is 1. The Kier molecular flexibility index (Phi) is 5.31. The van der Waals surface area contributed by atoms with Gasteiger partial charge in [-0.3, -0.25) is 9.58 Å². The number of anilines is 1. The number of alkyl halides is 1. The minimum atomic E-state index is -0.951. The third-order valence-corrected chi connectivity index (χ3v) is 7.58. The number of piperidine rings is 1. The van der Waals surface area contributed by atoms with E-state index >= 15 is 4.39 Å². The number of hydrogen-bond acceptors (Lipinski definition) is 5. The van der Waals surface area contributed by atoms with Crippen molar-refractivity contribution in [2.24, 2.45) is 0 Å². The second kappa shape index (κ2) is 8.32. The Morgan fingerprint density at radius 1 is 1.19 bits per heavy atom. The van der Waals surface area contributed by atoms with Crippen LogP contribution in [-0.2, 0) is 4.74 Å². The molecule has 32 heavy (non-hydrogen) atoms. The summed E-state index contributed by atoms with van der Waals surface area (Å²) < 4.78 is 22.2. The van der Waals surface area contributed by atoms with Crippen molar-refractivity contribution in [1.29, 1.82) is 0 Å². The molecule has 3 aromatic heterocycles. The zero-order valence-electron chi connectivity index (χ0n) is 17.9. The van der Waals surface area contributed by atoms with Gasteiger partial charge in [0, 0.05) is 48.8 Å². The fourth-order valence-corrected chi connectivity index (χ4v) is 5.58. The highest BCUT2D eigenvalue weighted by atomic mass is 35.5. The van der Waals surface area contributed by atoms with Gasteiger partial charge < -0.3 is 15.0 Å². The van der Waals surface area contributed by atoms with E-state index in [9.17, 15) is 0 Å². The molecule has 3 aromatic rings. The zero-order valence-corrected chi connectivity index (χ0v) is 18.7. The number of halogens is 2. The van der Waals surface area contributed by atoms with E-state index in [-0.39, 0.29) is 6.04 Å². The summed E-state index contributed by atoms with van der Waals surface area (Å²) in [5, 5.41) is 9.86. The number of aromatic nitrogens is 4. The lowest BCUT2D eigenvalue weighted by molar-refractivity contribution is -0.0847. The Labute approximate surface area is 191 Å². The standard InChI is InChI=1S/C23H28ClFN6O/c24-18-9-27-23-21(18)22(29-15-3-1-2-4-15)17(8-26-23)14-7-28-31(10-14)20-5-6-30(11-19(20)25)16-12-32-13-16/h7-10,15-16,19-20H,1-6,11-13H2,(H2,26,27,29)/t19-,20-/m0/s1. The Morgan fingerprint density at radius 3 is 2.78 bits per heavy atom. The molecular formula is C23H28ClFN6O. The summed E-state index contributed by atoms with van der Waals surface area (Å²) in [5.41, 5.74) is 3.64. The minimum absolute atomic E-state index is 0.250. The summed E-state index contributed by atoms with van der Waals surface area (Å²) in [6.45, 7) is 2.75. The molecule has 1 aliphatic carbocycles. The molecule has 0 bridgehead atoms. The molecule has 0 radical (unpaired) electrons. The second-order valence-electron chi connectivity index (χ2n) is 9.30. The third kappa shape index (κ3) is 3.58. The summed E-state index contributed by atoms with van der Waals surface area (Å²) in [6.07, 6.45) is 12.0. The lowest BCUT2D eigenvalue weighted by atomic mass is 10.0. The smallest absolute Gasteiger partial charge is 0.140 e. The number of nitrogens with zero attached hydrogens (tertiary/aromatic N) is 4. The van der Waals surface area contributed by atoms with Crippen LogP contribution in [0.5, 0.6) is 0 Å². The van der Waals surface area contributed by atoms with Gasteiger partial charge in [-0.2, -0.15) is 5.10 Å². The van der Waals surface area contributed by atoms with Crippen LogP contribution in [0.3, 0.4) is 0 Å². The number of aromatic amines is 1. The molecular weight excluding hydrogens is 431 g/mol. The molecule has 6 rings (SSSR count). The SMILES string of the molecule is F[C@H]1CN(C2COC2)CC[C@@H]1n1cc(-c2cnc3[nH]cc(Cl)c3c2NC2CCCC2)cn1. The number of likely N-dealkylation sites (tertiary alicyclic amines) is 1. The maximum Gasteiger partial charge on any atom is 0.140 e. The van der Waals surface area contributed by atoms with Crippen molar-refractivity contribution >= 4 is 28.3 Å². The van der Waals surface area contributed by atoms with Crippen molar-refractivity contribution in [1.82, 2.24) is 24.6 Å². The largest absolute Gasteiger partial charge is 0.381 e. The fourth-order valence-electron chi connectivity index (χ4n) is 5.34. The Bertz CT molecular complexity index is 1110. The summed E-state index contributed by atoms with van der Waals surface area (Å²) in [6, 6.07) is 0.547. The van der Waals surface area contributed by atoms with Crippen LogP contribution in [0.2, 0.25) is 5.02 Å². The molecule has 2 aliphatic heterocycles. The average molecular weight is 459 g/mol. The number of hydrogen-bond donors (Lipinski definition) is 2. The Morgan fingerprint density at radius 2 is 2.03 bits per heavy atom. The Balaban J connectivity index is 1.30. The van der Waals surface area contributed by atoms with Crippen molar-refractivity contribution in [3.8, 4) is 11.1 Å². The van der Waals surface area contributed by atoms with Gasteiger partial charge in [0.15, 0.2) is 0 Å². The van der Waals surface area contributed by atoms with Crippen molar-refractivity contribution in [2.45, 2.75) is 56.4 Å².